The van der Waals surface area contributed by atoms with Crippen LogP contribution in [0.4, 0.5) is 4.79 Å². The van der Waals surface area contributed by atoms with Crippen molar-refractivity contribution in [2.75, 3.05) is 39.0 Å². The number of sulfonamides is 1. The molecule has 0 aromatic rings. The first-order chi connectivity index (χ1) is 8.09. The van der Waals surface area contributed by atoms with E-state index in [1.807, 2.05) is 0 Å². The van der Waals surface area contributed by atoms with Crippen LogP contribution in [0.2, 0.25) is 0 Å². The molecule has 0 spiro atoms. The highest BCUT2D eigenvalue weighted by atomic mass is 32.2. The highest BCUT2D eigenvalue weighted by Crippen LogP contribution is 2.11. The molecule has 0 aromatic heterocycles. The van der Waals surface area contributed by atoms with Crippen molar-refractivity contribution in [2.24, 2.45) is 5.41 Å². The van der Waals surface area contributed by atoms with Crippen molar-refractivity contribution in [2.45, 2.75) is 20.8 Å². The van der Waals surface area contributed by atoms with Crippen LogP contribution in [-0.4, -0.2) is 62.6 Å². The molecule has 1 saturated heterocycles. The van der Waals surface area contributed by atoms with E-state index < -0.39 is 10.0 Å². The van der Waals surface area contributed by atoms with Crippen LogP contribution >= 0.6 is 0 Å². The van der Waals surface area contributed by atoms with Gasteiger partial charge in [0.1, 0.15) is 0 Å². The summed E-state index contributed by atoms with van der Waals surface area (Å²) in [6, 6.07) is -0.113. The van der Waals surface area contributed by atoms with Crippen LogP contribution in [0.3, 0.4) is 0 Å². The zero-order valence-corrected chi connectivity index (χ0v) is 12.4. The van der Waals surface area contributed by atoms with Gasteiger partial charge in [0.2, 0.25) is 10.0 Å². The lowest BCUT2D eigenvalue weighted by atomic mass is 9.97. The molecular formula is C11H23N3O3S. The number of carbonyl (C=O) groups is 1. The van der Waals surface area contributed by atoms with E-state index in [-0.39, 0.29) is 11.4 Å². The van der Waals surface area contributed by atoms with Crippen LogP contribution in [0.15, 0.2) is 0 Å². The lowest BCUT2D eigenvalue weighted by Gasteiger charge is -2.33. The zero-order valence-electron chi connectivity index (χ0n) is 11.6. The van der Waals surface area contributed by atoms with Gasteiger partial charge in [-0.15, -0.1) is 0 Å². The lowest BCUT2D eigenvalue weighted by molar-refractivity contribution is 0.169. The molecule has 1 rings (SSSR count). The van der Waals surface area contributed by atoms with Gasteiger partial charge < -0.3 is 10.2 Å². The quantitative estimate of drug-likeness (QED) is 0.790. The third kappa shape index (κ3) is 4.81. The van der Waals surface area contributed by atoms with Crippen LogP contribution in [0, 0.1) is 5.41 Å². The van der Waals surface area contributed by atoms with Crippen molar-refractivity contribution in [3.05, 3.63) is 0 Å². The summed E-state index contributed by atoms with van der Waals surface area (Å²) in [7, 11) is -3.14. The van der Waals surface area contributed by atoms with Gasteiger partial charge in [0.05, 0.1) is 6.26 Å². The number of rotatable bonds is 2. The van der Waals surface area contributed by atoms with Crippen molar-refractivity contribution < 1.29 is 13.2 Å². The summed E-state index contributed by atoms with van der Waals surface area (Å²) < 4.78 is 24.1. The first-order valence-corrected chi connectivity index (χ1v) is 7.92. The molecule has 18 heavy (non-hydrogen) atoms. The average molecular weight is 277 g/mol. The molecule has 0 aliphatic carbocycles. The molecule has 1 fully saturated rings. The molecule has 0 saturated carbocycles. The number of amides is 2. The topological polar surface area (TPSA) is 69.7 Å². The smallest absolute Gasteiger partial charge is 0.317 e. The summed E-state index contributed by atoms with van der Waals surface area (Å²) in [5, 5.41) is 2.86. The molecule has 1 aliphatic heterocycles. The Morgan fingerprint density at radius 3 is 2.06 bits per heavy atom. The molecule has 1 aliphatic rings. The van der Waals surface area contributed by atoms with Crippen LogP contribution in [-0.2, 0) is 10.0 Å². The van der Waals surface area contributed by atoms with E-state index in [9.17, 15) is 13.2 Å². The second-order valence-electron chi connectivity index (χ2n) is 5.87. The minimum absolute atomic E-state index is 0.0459. The molecule has 0 atom stereocenters. The van der Waals surface area contributed by atoms with Crippen molar-refractivity contribution in [1.29, 1.82) is 0 Å². The van der Waals surface area contributed by atoms with Crippen LogP contribution < -0.4 is 5.32 Å². The fourth-order valence-corrected chi connectivity index (χ4v) is 2.50. The number of hydrogen-bond donors (Lipinski definition) is 1. The van der Waals surface area contributed by atoms with E-state index >= 15 is 0 Å². The van der Waals surface area contributed by atoms with E-state index in [1.165, 1.54) is 10.6 Å². The monoisotopic (exact) mass is 277 g/mol. The molecule has 0 radical (unpaired) electrons. The SMILES string of the molecule is CC(C)(C)CNC(=O)N1CCN(S(C)(=O)=O)CC1. The molecule has 1 N–H and O–H groups in total. The number of nitrogens with one attached hydrogen (secondary N) is 1. The Morgan fingerprint density at radius 2 is 1.67 bits per heavy atom. The first-order valence-electron chi connectivity index (χ1n) is 6.07. The second kappa shape index (κ2) is 5.44. The van der Waals surface area contributed by atoms with Gasteiger partial charge in [0.25, 0.3) is 0 Å². The Morgan fingerprint density at radius 1 is 1.17 bits per heavy atom. The predicted octanol–water partition coefficient (Wildman–Crippen LogP) is 0.319. The van der Waals surface area contributed by atoms with E-state index in [1.54, 1.807) is 4.90 Å². The van der Waals surface area contributed by atoms with Gasteiger partial charge >= 0.3 is 6.03 Å². The number of piperazine rings is 1. The van der Waals surface area contributed by atoms with Crippen LogP contribution in [0.25, 0.3) is 0 Å². The van der Waals surface area contributed by atoms with E-state index in [0.717, 1.165) is 0 Å². The van der Waals surface area contributed by atoms with Gasteiger partial charge in [-0.25, -0.2) is 13.2 Å². The molecule has 2 amide bonds. The van der Waals surface area contributed by atoms with Crippen molar-refractivity contribution >= 4 is 16.1 Å². The highest BCUT2D eigenvalue weighted by molar-refractivity contribution is 7.88. The van der Waals surface area contributed by atoms with Crippen molar-refractivity contribution in [3.63, 3.8) is 0 Å². The van der Waals surface area contributed by atoms with Crippen molar-refractivity contribution in [3.8, 4) is 0 Å². The van der Waals surface area contributed by atoms with Gasteiger partial charge in [-0.2, -0.15) is 4.31 Å². The average Bonchev–Trinajstić information content (AvgIpc) is 2.24. The second-order valence-corrected chi connectivity index (χ2v) is 7.85. The number of nitrogens with zero attached hydrogens (tertiary/aromatic N) is 2. The summed E-state index contributed by atoms with van der Waals surface area (Å²) in [4.78, 5) is 13.5. The molecule has 0 aromatic carbocycles. The van der Waals surface area contributed by atoms with Crippen molar-refractivity contribution in [1.82, 2.24) is 14.5 Å². The van der Waals surface area contributed by atoms with E-state index in [4.69, 9.17) is 0 Å². The summed E-state index contributed by atoms with van der Waals surface area (Å²) in [5.41, 5.74) is 0.0459. The molecular weight excluding hydrogens is 254 g/mol. The molecule has 6 nitrogen and oxygen atoms in total. The highest BCUT2D eigenvalue weighted by Gasteiger charge is 2.26. The van der Waals surface area contributed by atoms with Gasteiger partial charge in [-0.1, -0.05) is 20.8 Å². The van der Waals surface area contributed by atoms with Gasteiger partial charge in [0.15, 0.2) is 0 Å². The van der Waals surface area contributed by atoms with Gasteiger partial charge in [-0.3, -0.25) is 0 Å². The molecule has 1 heterocycles. The van der Waals surface area contributed by atoms with Gasteiger partial charge in [-0.05, 0) is 5.41 Å². The molecule has 0 unspecified atom stereocenters. The summed E-state index contributed by atoms with van der Waals surface area (Å²) in [6.45, 7) is 8.41. The number of carbonyl (C=O) groups excluding carboxylic acids is 1. The standard InChI is InChI=1S/C11H23N3O3S/c1-11(2,3)9-12-10(15)13-5-7-14(8-6-13)18(4,16)17/h5-9H2,1-4H3,(H,12,15). The fraction of sp³-hybridized carbons (Fsp3) is 0.909. The summed E-state index contributed by atoms with van der Waals surface area (Å²) in [6.07, 6.45) is 1.20. The Bertz CT molecular complexity index is 392. The number of hydrogen-bond acceptors (Lipinski definition) is 3. The van der Waals surface area contributed by atoms with Gasteiger partial charge in [0, 0.05) is 32.7 Å². The largest absolute Gasteiger partial charge is 0.337 e. The number of urea groups is 1. The summed E-state index contributed by atoms with van der Waals surface area (Å²) in [5.74, 6) is 0. The Hall–Kier alpha value is -0.820. The van der Waals surface area contributed by atoms with E-state index in [0.29, 0.717) is 32.7 Å². The maximum Gasteiger partial charge on any atom is 0.317 e. The maximum absolute atomic E-state index is 11.8. The molecule has 7 heteroatoms. The fourth-order valence-electron chi connectivity index (χ4n) is 1.68. The maximum atomic E-state index is 11.8. The van der Waals surface area contributed by atoms with E-state index in [2.05, 4.69) is 26.1 Å². The summed E-state index contributed by atoms with van der Waals surface area (Å²) >= 11 is 0. The lowest BCUT2D eigenvalue weighted by Crippen LogP contribution is -2.53. The Kier molecular flexibility index (Phi) is 4.61. The third-order valence-corrected chi connectivity index (χ3v) is 4.07. The minimum atomic E-state index is -3.14. The molecule has 0 bridgehead atoms. The Labute approximate surface area is 109 Å². The first kappa shape index (κ1) is 15.2. The predicted molar refractivity (Wildman–Crippen MR) is 70.8 cm³/mol. The van der Waals surface area contributed by atoms with Crippen LogP contribution in [0.1, 0.15) is 20.8 Å². The van der Waals surface area contributed by atoms with Crippen LogP contribution in [0.5, 0.6) is 0 Å². The minimum Gasteiger partial charge on any atom is -0.337 e. The normalized spacial score (nSPS) is 18.8. The third-order valence-electron chi connectivity index (χ3n) is 2.76. The zero-order chi connectivity index (χ0) is 14.0. The molecule has 106 valence electrons. The Balaban J connectivity index is 2.41.